The van der Waals surface area contributed by atoms with E-state index in [1.807, 2.05) is 30.3 Å². The third kappa shape index (κ3) is 4.23. The number of rotatable bonds is 6. The first-order valence-corrected chi connectivity index (χ1v) is 8.79. The summed E-state index contributed by atoms with van der Waals surface area (Å²) in [6.07, 6.45) is 1.39. The molecule has 0 saturated heterocycles. The van der Waals surface area contributed by atoms with Crippen LogP contribution in [-0.2, 0) is 4.79 Å². The highest BCUT2D eigenvalue weighted by Gasteiger charge is 2.31. The van der Waals surface area contributed by atoms with Crippen LogP contribution in [0.2, 0.25) is 0 Å². The van der Waals surface area contributed by atoms with Crippen molar-refractivity contribution in [2.75, 3.05) is 0 Å². The predicted molar refractivity (Wildman–Crippen MR) is 103 cm³/mol. The number of Topliss-reactive ketones (excluding diaryl/α,β-unsaturated/α-hetero) is 1. The number of hydrogen-bond donors (Lipinski definition) is 1. The van der Waals surface area contributed by atoms with Gasteiger partial charge in [-0.15, -0.1) is 0 Å². The minimum atomic E-state index is -1.40. The summed E-state index contributed by atoms with van der Waals surface area (Å²) in [6.45, 7) is 1.79. The number of nitrogens with zero attached hydrogens (tertiary/aromatic N) is 1. The second kappa shape index (κ2) is 8.43. The third-order valence-corrected chi connectivity index (χ3v) is 4.41. The lowest BCUT2D eigenvalue weighted by molar-refractivity contribution is -0.123. The zero-order chi connectivity index (χ0) is 20.1. The highest BCUT2D eigenvalue weighted by atomic mass is 19.1. The van der Waals surface area contributed by atoms with Gasteiger partial charge in [0.15, 0.2) is 11.8 Å². The number of ketones is 1. The molecule has 0 aliphatic carbocycles. The lowest BCUT2D eigenvalue weighted by atomic mass is 10.0. The van der Waals surface area contributed by atoms with Crippen LogP contribution in [0.15, 0.2) is 83.8 Å². The molecule has 1 N–H and O–H groups in total. The van der Waals surface area contributed by atoms with Crippen LogP contribution in [0.4, 0.5) is 4.39 Å². The molecule has 142 valence electrons. The van der Waals surface area contributed by atoms with Crippen molar-refractivity contribution in [3.63, 3.8) is 0 Å². The van der Waals surface area contributed by atoms with Crippen molar-refractivity contribution in [2.24, 2.45) is 0 Å². The summed E-state index contributed by atoms with van der Waals surface area (Å²) in [5.41, 5.74) is 0.527. The summed E-state index contributed by atoms with van der Waals surface area (Å²) < 4.78 is 14.3. The fourth-order valence-electron chi connectivity index (χ4n) is 2.91. The minimum Gasteiger partial charge on any atom is -0.347 e. The van der Waals surface area contributed by atoms with E-state index < -0.39 is 29.1 Å². The second-order valence-electron chi connectivity index (χ2n) is 6.36. The van der Waals surface area contributed by atoms with Crippen molar-refractivity contribution in [3.05, 3.63) is 106 Å². The molecule has 1 amide bonds. The van der Waals surface area contributed by atoms with Crippen LogP contribution >= 0.6 is 0 Å². The molecule has 2 atom stereocenters. The largest absolute Gasteiger partial charge is 0.347 e. The van der Waals surface area contributed by atoms with E-state index >= 15 is 0 Å². The van der Waals surface area contributed by atoms with E-state index in [0.29, 0.717) is 0 Å². The van der Waals surface area contributed by atoms with Gasteiger partial charge in [-0.05, 0) is 42.8 Å². The molecular weight excluding hydrogens is 359 g/mol. The fourth-order valence-corrected chi connectivity index (χ4v) is 2.91. The van der Waals surface area contributed by atoms with Crippen LogP contribution in [0, 0.1) is 5.82 Å². The van der Waals surface area contributed by atoms with Gasteiger partial charge >= 0.3 is 0 Å². The van der Waals surface area contributed by atoms with Crippen molar-refractivity contribution in [1.29, 1.82) is 0 Å². The van der Waals surface area contributed by atoms with E-state index in [2.05, 4.69) is 5.32 Å². The molecule has 0 unspecified atom stereocenters. The first-order chi connectivity index (χ1) is 13.5. The summed E-state index contributed by atoms with van der Waals surface area (Å²) in [5, 5.41) is 2.79. The SMILES string of the molecule is C[C@H](NC(=O)[C@@H](C(=O)c1ccc(F)cc1)n1ccccc1=O)c1ccccc1. The number of hydrogen-bond acceptors (Lipinski definition) is 3. The Labute approximate surface area is 161 Å². The monoisotopic (exact) mass is 378 g/mol. The van der Waals surface area contributed by atoms with Gasteiger partial charge < -0.3 is 5.32 Å². The van der Waals surface area contributed by atoms with Crippen molar-refractivity contribution in [1.82, 2.24) is 9.88 Å². The lowest BCUT2D eigenvalue weighted by Crippen LogP contribution is -2.42. The van der Waals surface area contributed by atoms with Crippen LogP contribution in [0.5, 0.6) is 0 Å². The van der Waals surface area contributed by atoms with E-state index in [9.17, 15) is 18.8 Å². The van der Waals surface area contributed by atoms with Gasteiger partial charge in [0.05, 0.1) is 6.04 Å². The summed E-state index contributed by atoms with van der Waals surface area (Å²) in [6, 6.07) is 16.8. The normalized spacial score (nSPS) is 12.8. The van der Waals surface area contributed by atoms with Gasteiger partial charge in [-0.25, -0.2) is 4.39 Å². The van der Waals surface area contributed by atoms with Crippen LogP contribution in [0.25, 0.3) is 0 Å². The Morgan fingerprint density at radius 2 is 1.57 bits per heavy atom. The standard InChI is InChI=1S/C22H19FN2O3/c1-15(16-7-3-2-4-8-16)24-22(28)20(25-14-6-5-9-19(25)26)21(27)17-10-12-18(23)13-11-17/h2-15,20H,1H3,(H,24,28)/t15-,20+/m0/s1. The molecular formula is C22H19FN2O3. The van der Waals surface area contributed by atoms with Crippen LogP contribution < -0.4 is 10.9 Å². The minimum absolute atomic E-state index is 0.143. The maximum absolute atomic E-state index is 13.2. The van der Waals surface area contributed by atoms with Gasteiger partial charge in [-0.3, -0.25) is 19.0 Å². The molecule has 0 bridgehead atoms. The Bertz CT molecular complexity index is 1030. The van der Waals surface area contributed by atoms with Crippen molar-refractivity contribution < 1.29 is 14.0 Å². The first-order valence-electron chi connectivity index (χ1n) is 8.79. The van der Waals surface area contributed by atoms with E-state index in [1.165, 1.54) is 30.5 Å². The van der Waals surface area contributed by atoms with Crippen molar-refractivity contribution >= 4 is 11.7 Å². The van der Waals surface area contributed by atoms with Crippen molar-refractivity contribution in [3.8, 4) is 0 Å². The molecule has 2 aromatic carbocycles. The Hall–Kier alpha value is -3.54. The lowest BCUT2D eigenvalue weighted by Gasteiger charge is -2.21. The van der Waals surface area contributed by atoms with E-state index in [1.54, 1.807) is 13.0 Å². The van der Waals surface area contributed by atoms with Crippen molar-refractivity contribution in [2.45, 2.75) is 19.0 Å². The summed E-state index contributed by atoms with van der Waals surface area (Å²) in [7, 11) is 0. The number of amides is 1. The molecule has 0 radical (unpaired) electrons. The number of carbonyl (C=O) groups is 2. The van der Waals surface area contributed by atoms with Gasteiger partial charge in [0, 0.05) is 17.8 Å². The number of benzene rings is 2. The maximum atomic E-state index is 13.2. The number of halogens is 1. The smallest absolute Gasteiger partial charge is 0.251 e. The topological polar surface area (TPSA) is 68.2 Å². The van der Waals surface area contributed by atoms with Crippen LogP contribution in [0.3, 0.4) is 0 Å². The second-order valence-corrected chi connectivity index (χ2v) is 6.36. The molecule has 6 heteroatoms. The van der Waals surface area contributed by atoms with Crippen LogP contribution in [0.1, 0.15) is 34.9 Å². The summed E-state index contributed by atoms with van der Waals surface area (Å²) in [5.74, 6) is -1.70. The fraction of sp³-hybridized carbons (Fsp3) is 0.136. The molecule has 5 nitrogen and oxygen atoms in total. The number of carbonyl (C=O) groups excluding carboxylic acids is 2. The average Bonchev–Trinajstić information content (AvgIpc) is 2.70. The van der Waals surface area contributed by atoms with Crippen LogP contribution in [-0.4, -0.2) is 16.3 Å². The van der Waals surface area contributed by atoms with Gasteiger partial charge in [0.25, 0.3) is 11.5 Å². The Kier molecular flexibility index (Phi) is 5.79. The summed E-state index contributed by atoms with van der Waals surface area (Å²) in [4.78, 5) is 38.3. The number of pyridine rings is 1. The molecule has 3 rings (SSSR count). The molecule has 1 heterocycles. The first kappa shape index (κ1) is 19.2. The summed E-state index contributed by atoms with van der Waals surface area (Å²) >= 11 is 0. The molecule has 0 saturated carbocycles. The Balaban J connectivity index is 1.95. The zero-order valence-electron chi connectivity index (χ0n) is 15.2. The van der Waals surface area contributed by atoms with E-state index in [0.717, 1.165) is 22.3 Å². The number of nitrogens with one attached hydrogen (secondary N) is 1. The van der Waals surface area contributed by atoms with E-state index in [-0.39, 0.29) is 11.6 Å². The Morgan fingerprint density at radius 1 is 0.929 bits per heavy atom. The molecule has 0 aliphatic heterocycles. The molecule has 1 aromatic heterocycles. The third-order valence-electron chi connectivity index (χ3n) is 4.41. The van der Waals surface area contributed by atoms with Gasteiger partial charge in [0.2, 0.25) is 0 Å². The highest BCUT2D eigenvalue weighted by Crippen LogP contribution is 2.18. The molecule has 0 spiro atoms. The molecule has 0 fully saturated rings. The average molecular weight is 378 g/mol. The van der Waals surface area contributed by atoms with E-state index in [4.69, 9.17) is 0 Å². The zero-order valence-corrected chi connectivity index (χ0v) is 15.2. The highest BCUT2D eigenvalue weighted by molar-refractivity contribution is 6.11. The van der Waals surface area contributed by atoms with Gasteiger partial charge in [0.1, 0.15) is 5.82 Å². The quantitative estimate of drug-likeness (QED) is 0.529. The number of aromatic nitrogens is 1. The molecule has 28 heavy (non-hydrogen) atoms. The van der Waals surface area contributed by atoms with Gasteiger partial charge in [-0.1, -0.05) is 36.4 Å². The predicted octanol–water partition coefficient (Wildman–Crippen LogP) is 3.29. The molecule has 3 aromatic rings. The maximum Gasteiger partial charge on any atom is 0.251 e. The molecule has 0 aliphatic rings. The Morgan fingerprint density at radius 3 is 2.21 bits per heavy atom. The van der Waals surface area contributed by atoms with Gasteiger partial charge in [-0.2, -0.15) is 0 Å².